The molecular weight excluding hydrogens is 557 g/mol. The second-order valence-electron chi connectivity index (χ2n) is 10.3. The molecule has 2 rings (SSSR count). The molecule has 1 aliphatic heterocycles. The lowest BCUT2D eigenvalue weighted by atomic mass is 9.99. The van der Waals surface area contributed by atoms with Gasteiger partial charge in [0, 0.05) is 29.3 Å². The summed E-state index contributed by atoms with van der Waals surface area (Å²) in [5.41, 5.74) is -2.05. The Balaban J connectivity index is 2.15. The number of nitrogens with one attached hydrogen (secondary N) is 2. The fourth-order valence-corrected chi connectivity index (χ4v) is 5.84. The molecule has 1 aromatic heterocycles. The Bertz CT molecular complexity index is 1150. The molecule has 0 amide bonds. The van der Waals surface area contributed by atoms with E-state index in [0.717, 1.165) is 28.6 Å². The molecule has 1 aliphatic rings. The first-order valence-electron chi connectivity index (χ1n) is 12.4. The standard InChI is InChI=1S/C23H38N3O11PS/c1-13(2)36-20(30)14(3)25-38(33,34-9-10-39-21(31)23(4,5)6)35-12-16-15(11-27)18(29)19(37-16)26-8-7-17(28)24-22(26)32/h7-8,13-16,18-19,27,29H,9-12H2,1-6H3,(H,25,33)(H,24,28,32)/t14-,15-,16-,18-,19-,38-/m1/s1. The van der Waals surface area contributed by atoms with Crippen molar-refractivity contribution in [1.29, 1.82) is 0 Å². The van der Waals surface area contributed by atoms with Crippen LogP contribution in [0.3, 0.4) is 0 Å². The summed E-state index contributed by atoms with van der Waals surface area (Å²) in [6, 6.07) is -0.0281. The molecule has 0 saturated carbocycles. The fourth-order valence-electron chi connectivity index (χ4n) is 3.45. The topological polar surface area (TPSA) is 195 Å². The Hall–Kier alpha value is -1.84. The van der Waals surface area contributed by atoms with Gasteiger partial charge in [-0.3, -0.25) is 33.0 Å². The number of aromatic amines is 1. The van der Waals surface area contributed by atoms with E-state index in [1.807, 2.05) is 0 Å². The zero-order valence-corrected chi connectivity index (χ0v) is 24.5. The smallest absolute Gasteiger partial charge is 0.406 e. The minimum atomic E-state index is -4.23. The van der Waals surface area contributed by atoms with Gasteiger partial charge in [0.15, 0.2) is 11.3 Å². The molecule has 4 N–H and O–H groups in total. The molecule has 2 heterocycles. The third-order valence-corrected chi connectivity index (χ3v) is 8.48. The Kier molecular flexibility index (Phi) is 12.1. The average Bonchev–Trinajstić information content (AvgIpc) is 3.14. The van der Waals surface area contributed by atoms with Crippen molar-refractivity contribution in [3.8, 4) is 0 Å². The maximum Gasteiger partial charge on any atom is 0.406 e. The number of aliphatic hydroxyl groups excluding tert-OH is 2. The van der Waals surface area contributed by atoms with Gasteiger partial charge in [0.1, 0.15) is 12.1 Å². The molecule has 39 heavy (non-hydrogen) atoms. The van der Waals surface area contributed by atoms with Crippen LogP contribution in [0, 0.1) is 11.3 Å². The van der Waals surface area contributed by atoms with Gasteiger partial charge in [-0.2, -0.15) is 0 Å². The van der Waals surface area contributed by atoms with Crippen LogP contribution in [0.25, 0.3) is 0 Å². The van der Waals surface area contributed by atoms with Crippen molar-refractivity contribution in [3.05, 3.63) is 33.1 Å². The first kappa shape index (κ1) is 33.4. The zero-order chi connectivity index (χ0) is 29.5. The third-order valence-electron chi connectivity index (χ3n) is 5.51. The Morgan fingerprint density at radius 1 is 1.26 bits per heavy atom. The summed E-state index contributed by atoms with van der Waals surface area (Å²) < 4.78 is 36.5. The van der Waals surface area contributed by atoms with Gasteiger partial charge in [-0.15, -0.1) is 0 Å². The maximum absolute atomic E-state index is 13.6. The van der Waals surface area contributed by atoms with Crippen molar-refractivity contribution in [2.24, 2.45) is 11.3 Å². The van der Waals surface area contributed by atoms with Crippen LogP contribution in [0.15, 0.2) is 21.9 Å². The summed E-state index contributed by atoms with van der Waals surface area (Å²) in [6.07, 6.45) is -2.98. The zero-order valence-electron chi connectivity index (χ0n) is 22.8. The lowest BCUT2D eigenvalue weighted by Gasteiger charge is -2.25. The van der Waals surface area contributed by atoms with Gasteiger partial charge in [0.25, 0.3) is 5.56 Å². The molecule has 1 aromatic rings. The number of thioether (sulfide) groups is 1. The molecule has 1 saturated heterocycles. The van der Waals surface area contributed by atoms with E-state index in [9.17, 15) is 34.0 Å². The number of carbonyl (C=O) groups excluding carboxylic acids is 2. The highest BCUT2D eigenvalue weighted by molar-refractivity contribution is 8.13. The first-order valence-corrected chi connectivity index (χ1v) is 14.9. The van der Waals surface area contributed by atoms with Crippen LogP contribution < -0.4 is 16.3 Å². The maximum atomic E-state index is 13.6. The molecule has 222 valence electrons. The Labute approximate surface area is 230 Å². The predicted octanol–water partition coefficient (Wildman–Crippen LogP) is 0.780. The summed E-state index contributed by atoms with van der Waals surface area (Å²) in [5, 5.41) is 23.0. The number of ether oxygens (including phenoxy) is 2. The van der Waals surface area contributed by atoms with Crippen LogP contribution in [0.5, 0.6) is 0 Å². The average molecular weight is 596 g/mol. The number of aliphatic hydroxyl groups is 2. The van der Waals surface area contributed by atoms with Crippen LogP contribution in [0.1, 0.15) is 47.8 Å². The number of nitrogens with zero attached hydrogens (tertiary/aromatic N) is 1. The minimum Gasteiger partial charge on any atom is -0.462 e. The number of carbonyl (C=O) groups is 2. The normalized spacial score (nSPS) is 23.9. The van der Waals surface area contributed by atoms with Crippen LogP contribution in [0.4, 0.5) is 0 Å². The van der Waals surface area contributed by atoms with Crippen LogP contribution in [-0.4, -0.2) is 80.8 Å². The molecule has 0 radical (unpaired) electrons. The molecular formula is C23H38N3O11PS. The summed E-state index contributed by atoms with van der Waals surface area (Å²) >= 11 is 0.997. The van der Waals surface area contributed by atoms with Crippen molar-refractivity contribution >= 4 is 30.6 Å². The van der Waals surface area contributed by atoms with E-state index >= 15 is 0 Å². The molecule has 0 spiro atoms. The largest absolute Gasteiger partial charge is 0.462 e. The summed E-state index contributed by atoms with van der Waals surface area (Å²) in [6.45, 7) is 8.81. The van der Waals surface area contributed by atoms with Gasteiger partial charge >= 0.3 is 19.4 Å². The highest BCUT2D eigenvalue weighted by Crippen LogP contribution is 2.46. The number of rotatable bonds is 13. The molecule has 0 aromatic carbocycles. The molecule has 0 aliphatic carbocycles. The quantitative estimate of drug-likeness (QED) is 0.142. The van der Waals surface area contributed by atoms with Crippen molar-refractivity contribution in [2.75, 3.05) is 25.6 Å². The highest BCUT2D eigenvalue weighted by atomic mass is 32.2. The minimum absolute atomic E-state index is 0.0913. The number of H-pyrrole nitrogens is 1. The fraction of sp³-hybridized carbons (Fsp3) is 0.739. The third kappa shape index (κ3) is 9.64. The predicted molar refractivity (Wildman–Crippen MR) is 142 cm³/mol. The molecule has 6 atom stereocenters. The van der Waals surface area contributed by atoms with Crippen LogP contribution in [-0.2, 0) is 32.7 Å². The van der Waals surface area contributed by atoms with Crippen molar-refractivity contribution in [3.63, 3.8) is 0 Å². The number of esters is 1. The second-order valence-corrected chi connectivity index (χ2v) is 13.1. The summed E-state index contributed by atoms with van der Waals surface area (Å²) in [7, 11) is -4.23. The molecule has 1 fully saturated rings. The summed E-state index contributed by atoms with van der Waals surface area (Å²) in [5.74, 6) is -1.50. The Morgan fingerprint density at radius 2 is 1.92 bits per heavy atom. The molecule has 0 bridgehead atoms. The monoisotopic (exact) mass is 595 g/mol. The van der Waals surface area contributed by atoms with Crippen LogP contribution in [0.2, 0.25) is 0 Å². The number of hydrogen-bond donors (Lipinski definition) is 4. The van der Waals surface area contributed by atoms with E-state index in [0.29, 0.717) is 0 Å². The lowest BCUT2D eigenvalue weighted by molar-refractivity contribution is -0.149. The van der Waals surface area contributed by atoms with Gasteiger partial charge in [-0.05, 0) is 20.8 Å². The van der Waals surface area contributed by atoms with E-state index in [-0.39, 0.29) is 17.5 Å². The van der Waals surface area contributed by atoms with Gasteiger partial charge < -0.3 is 19.7 Å². The van der Waals surface area contributed by atoms with E-state index in [4.69, 9.17) is 18.5 Å². The second kappa shape index (κ2) is 14.2. The van der Waals surface area contributed by atoms with Gasteiger partial charge in [0.05, 0.1) is 32.0 Å². The molecule has 0 unspecified atom stereocenters. The van der Waals surface area contributed by atoms with E-state index in [1.54, 1.807) is 34.6 Å². The molecule has 14 nitrogen and oxygen atoms in total. The first-order chi connectivity index (χ1) is 18.1. The van der Waals surface area contributed by atoms with Crippen molar-refractivity contribution in [2.45, 2.75) is 72.1 Å². The van der Waals surface area contributed by atoms with Crippen molar-refractivity contribution < 1.29 is 42.9 Å². The SMILES string of the molecule is CC(C)OC(=O)[C@@H](C)N[P@@](=O)(OCCSC(=O)C(C)(C)C)OC[C@H]1O[C@@H](n2ccc(=O)[nH]c2=O)[C@H](O)[C@@H]1CO. The van der Waals surface area contributed by atoms with E-state index < -0.39 is 80.1 Å². The number of aromatic nitrogens is 2. The molecule has 16 heteroatoms. The van der Waals surface area contributed by atoms with Crippen molar-refractivity contribution in [1.82, 2.24) is 14.6 Å². The van der Waals surface area contributed by atoms with Gasteiger partial charge in [-0.25, -0.2) is 14.4 Å². The number of hydrogen-bond acceptors (Lipinski definition) is 12. The summed E-state index contributed by atoms with van der Waals surface area (Å²) in [4.78, 5) is 50.1. The van der Waals surface area contributed by atoms with Crippen LogP contribution >= 0.6 is 19.5 Å². The van der Waals surface area contributed by atoms with E-state index in [1.165, 1.54) is 6.92 Å². The Morgan fingerprint density at radius 3 is 2.49 bits per heavy atom. The lowest BCUT2D eigenvalue weighted by Crippen LogP contribution is -2.37. The van der Waals surface area contributed by atoms with Gasteiger partial charge in [-0.1, -0.05) is 32.5 Å². The van der Waals surface area contributed by atoms with E-state index in [2.05, 4.69) is 10.1 Å². The highest BCUT2D eigenvalue weighted by Gasteiger charge is 2.46. The van der Waals surface area contributed by atoms with Gasteiger partial charge in [0.2, 0.25) is 0 Å².